The quantitative estimate of drug-likeness (QED) is 0.557. The van der Waals surface area contributed by atoms with Crippen molar-refractivity contribution in [1.29, 1.82) is 0 Å². The van der Waals surface area contributed by atoms with Gasteiger partial charge in [-0.05, 0) is 11.6 Å². The molecule has 0 saturated carbocycles. The van der Waals surface area contributed by atoms with Gasteiger partial charge in [0.1, 0.15) is 11.9 Å². The number of aliphatic hydroxyl groups is 1. The van der Waals surface area contributed by atoms with Crippen LogP contribution in [0.25, 0.3) is 10.9 Å². The molecule has 0 atom stereocenters. The van der Waals surface area contributed by atoms with Crippen LogP contribution in [0.1, 0.15) is 5.56 Å². The lowest BCUT2D eigenvalue weighted by molar-refractivity contribution is -0.384. The van der Waals surface area contributed by atoms with Gasteiger partial charge in [-0.2, -0.15) is 0 Å². The zero-order chi connectivity index (χ0) is 16.9. The first-order valence-corrected chi connectivity index (χ1v) is 7.62. The predicted octanol–water partition coefficient (Wildman–Crippen LogP) is 3.14. The van der Waals surface area contributed by atoms with E-state index in [1.807, 2.05) is 59.5 Å². The van der Waals surface area contributed by atoms with Crippen molar-refractivity contribution in [3.05, 3.63) is 76.5 Å². The minimum absolute atomic E-state index is 0.0573. The SMILES string of the molecule is O=[N+]([O-])c1cnc2ccccc2c1N(CCO)Cc1ccccc1. The monoisotopic (exact) mass is 323 g/mol. The van der Waals surface area contributed by atoms with E-state index in [0.717, 1.165) is 5.56 Å². The molecule has 0 fully saturated rings. The minimum Gasteiger partial charge on any atom is -0.395 e. The number of aromatic nitrogens is 1. The van der Waals surface area contributed by atoms with Gasteiger partial charge in [-0.15, -0.1) is 0 Å². The fourth-order valence-corrected chi connectivity index (χ4v) is 2.78. The van der Waals surface area contributed by atoms with Crippen LogP contribution in [0.4, 0.5) is 11.4 Å². The van der Waals surface area contributed by atoms with Crippen molar-refractivity contribution in [2.75, 3.05) is 18.1 Å². The number of fused-ring (bicyclic) bond motifs is 1. The molecular formula is C18H17N3O3. The first kappa shape index (κ1) is 15.9. The molecule has 1 heterocycles. The number of para-hydroxylation sites is 1. The molecule has 122 valence electrons. The summed E-state index contributed by atoms with van der Waals surface area (Å²) in [4.78, 5) is 17.1. The maximum atomic E-state index is 11.5. The van der Waals surface area contributed by atoms with Gasteiger partial charge in [-0.25, -0.2) is 4.98 Å². The lowest BCUT2D eigenvalue weighted by Crippen LogP contribution is -2.27. The van der Waals surface area contributed by atoms with E-state index < -0.39 is 4.92 Å². The van der Waals surface area contributed by atoms with Crippen LogP contribution in [-0.4, -0.2) is 28.2 Å². The van der Waals surface area contributed by atoms with Crippen LogP contribution < -0.4 is 4.90 Å². The van der Waals surface area contributed by atoms with E-state index in [0.29, 0.717) is 29.7 Å². The van der Waals surface area contributed by atoms with Gasteiger partial charge in [-0.3, -0.25) is 10.1 Å². The molecule has 0 saturated heterocycles. The van der Waals surface area contributed by atoms with E-state index in [4.69, 9.17) is 0 Å². The van der Waals surface area contributed by atoms with Gasteiger partial charge in [0.15, 0.2) is 0 Å². The molecule has 2 aromatic carbocycles. The number of nitro groups is 1. The van der Waals surface area contributed by atoms with Crippen molar-refractivity contribution in [2.24, 2.45) is 0 Å². The fourth-order valence-electron chi connectivity index (χ4n) is 2.78. The van der Waals surface area contributed by atoms with Crippen LogP contribution >= 0.6 is 0 Å². The van der Waals surface area contributed by atoms with Gasteiger partial charge in [0, 0.05) is 18.5 Å². The molecule has 0 unspecified atom stereocenters. The maximum absolute atomic E-state index is 11.5. The van der Waals surface area contributed by atoms with E-state index >= 15 is 0 Å². The standard InChI is InChI=1S/C18H17N3O3/c22-11-10-20(13-14-6-2-1-3-7-14)18-15-8-4-5-9-16(15)19-12-17(18)21(23)24/h1-9,12,22H,10-11,13H2. The van der Waals surface area contributed by atoms with E-state index in [9.17, 15) is 15.2 Å². The van der Waals surface area contributed by atoms with E-state index in [1.165, 1.54) is 6.20 Å². The molecule has 0 bridgehead atoms. The molecule has 0 spiro atoms. The Morgan fingerprint density at radius 1 is 1.08 bits per heavy atom. The number of benzene rings is 2. The normalized spacial score (nSPS) is 10.7. The zero-order valence-electron chi connectivity index (χ0n) is 13.0. The van der Waals surface area contributed by atoms with Crippen LogP contribution in [0.3, 0.4) is 0 Å². The third kappa shape index (κ3) is 3.18. The number of pyridine rings is 1. The molecule has 1 aromatic heterocycles. The highest BCUT2D eigenvalue weighted by atomic mass is 16.6. The van der Waals surface area contributed by atoms with Crippen molar-refractivity contribution in [3.63, 3.8) is 0 Å². The smallest absolute Gasteiger partial charge is 0.311 e. The lowest BCUT2D eigenvalue weighted by atomic mass is 10.1. The first-order valence-electron chi connectivity index (χ1n) is 7.62. The Labute approximate surface area is 139 Å². The van der Waals surface area contributed by atoms with Gasteiger partial charge < -0.3 is 10.0 Å². The molecule has 1 N–H and O–H groups in total. The number of hydrogen-bond acceptors (Lipinski definition) is 5. The molecule has 24 heavy (non-hydrogen) atoms. The van der Waals surface area contributed by atoms with E-state index in [2.05, 4.69) is 4.98 Å². The summed E-state index contributed by atoms with van der Waals surface area (Å²) in [6, 6.07) is 17.0. The van der Waals surface area contributed by atoms with Gasteiger partial charge in [-0.1, -0.05) is 48.5 Å². The second kappa shape index (κ2) is 7.06. The van der Waals surface area contributed by atoms with Gasteiger partial charge in [0.05, 0.1) is 17.0 Å². The van der Waals surface area contributed by atoms with Crippen LogP contribution in [0, 0.1) is 10.1 Å². The van der Waals surface area contributed by atoms with Crippen molar-refractivity contribution in [3.8, 4) is 0 Å². The van der Waals surface area contributed by atoms with Crippen LogP contribution in [0.15, 0.2) is 60.8 Å². The number of aliphatic hydroxyl groups excluding tert-OH is 1. The zero-order valence-corrected chi connectivity index (χ0v) is 13.0. The number of nitrogens with zero attached hydrogens (tertiary/aromatic N) is 3. The molecule has 6 heteroatoms. The Morgan fingerprint density at radius 2 is 1.79 bits per heavy atom. The number of rotatable bonds is 6. The Morgan fingerprint density at radius 3 is 2.50 bits per heavy atom. The fraction of sp³-hybridized carbons (Fsp3) is 0.167. The van der Waals surface area contributed by atoms with Gasteiger partial charge >= 0.3 is 5.69 Å². The average molecular weight is 323 g/mol. The van der Waals surface area contributed by atoms with Crippen LogP contribution in [0.2, 0.25) is 0 Å². The molecule has 6 nitrogen and oxygen atoms in total. The van der Waals surface area contributed by atoms with Crippen LogP contribution in [-0.2, 0) is 6.54 Å². The second-order valence-corrected chi connectivity index (χ2v) is 5.40. The Balaban J connectivity index is 2.15. The van der Waals surface area contributed by atoms with Crippen molar-refractivity contribution < 1.29 is 10.0 Å². The van der Waals surface area contributed by atoms with Gasteiger partial charge in [0.2, 0.25) is 0 Å². The highest BCUT2D eigenvalue weighted by molar-refractivity contribution is 5.96. The molecule has 0 aliphatic heterocycles. The third-order valence-electron chi connectivity index (χ3n) is 3.83. The Bertz CT molecular complexity index is 853. The largest absolute Gasteiger partial charge is 0.395 e. The molecule has 0 radical (unpaired) electrons. The van der Waals surface area contributed by atoms with Crippen molar-refractivity contribution >= 4 is 22.3 Å². The molecule has 3 aromatic rings. The third-order valence-corrected chi connectivity index (χ3v) is 3.83. The summed E-state index contributed by atoms with van der Waals surface area (Å²) in [6.07, 6.45) is 1.28. The highest BCUT2D eigenvalue weighted by Gasteiger charge is 2.23. The maximum Gasteiger partial charge on any atom is 0.311 e. The number of hydrogen-bond donors (Lipinski definition) is 1. The predicted molar refractivity (Wildman–Crippen MR) is 93.0 cm³/mol. The van der Waals surface area contributed by atoms with Crippen molar-refractivity contribution in [1.82, 2.24) is 4.98 Å². The Kier molecular flexibility index (Phi) is 4.67. The first-order chi connectivity index (χ1) is 11.7. The summed E-state index contributed by atoms with van der Waals surface area (Å²) in [7, 11) is 0. The molecule has 3 rings (SSSR count). The number of anilines is 1. The molecule has 0 aliphatic carbocycles. The van der Waals surface area contributed by atoms with Crippen LogP contribution in [0.5, 0.6) is 0 Å². The Hall–Kier alpha value is -2.99. The van der Waals surface area contributed by atoms with E-state index in [-0.39, 0.29) is 12.3 Å². The highest BCUT2D eigenvalue weighted by Crippen LogP contribution is 2.35. The van der Waals surface area contributed by atoms with Crippen molar-refractivity contribution in [2.45, 2.75) is 6.54 Å². The van der Waals surface area contributed by atoms with E-state index in [1.54, 1.807) is 0 Å². The topological polar surface area (TPSA) is 79.5 Å². The summed E-state index contributed by atoms with van der Waals surface area (Å²) in [5.41, 5.74) is 2.14. The lowest BCUT2D eigenvalue weighted by Gasteiger charge is -2.25. The second-order valence-electron chi connectivity index (χ2n) is 5.40. The molecular weight excluding hydrogens is 306 g/mol. The molecule has 0 aliphatic rings. The summed E-state index contributed by atoms with van der Waals surface area (Å²) >= 11 is 0. The average Bonchev–Trinajstić information content (AvgIpc) is 2.61. The summed E-state index contributed by atoms with van der Waals surface area (Å²) < 4.78 is 0. The van der Waals surface area contributed by atoms with Gasteiger partial charge in [0.25, 0.3) is 0 Å². The summed E-state index contributed by atoms with van der Waals surface area (Å²) in [6.45, 7) is 0.667. The summed E-state index contributed by atoms with van der Waals surface area (Å²) in [5, 5.41) is 21.7. The molecule has 0 amide bonds. The minimum atomic E-state index is -0.426. The summed E-state index contributed by atoms with van der Waals surface area (Å²) in [5.74, 6) is 0.